The van der Waals surface area contributed by atoms with Gasteiger partial charge in [-0.15, -0.1) is 0 Å². The van der Waals surface area contributed by atoms with Crippen LogP contribution in [0.25, 0.3) is 0 Å². The Morgan fingerprint density at radius 1 is 1.23 bits per heavy atom. The van der Waals surface area contributed by atoms with E-state index in [9.17, 15) is 19.5 Å². The third-order valence-corrected chi connectivity index (χ3v) is 3.98. The van der Waals surface area contributed by atoms with Crippen LogP contribution in [0.4, 0.5) is 5.69 Å². The Morgan fingerprint density at radius 2 is 1.88 bits per heavy atom. The van der Waals surface area contributed by atoms with Crippen LogP contribution < -0.4 is 16.0 Å². The van der Waals surface area contributed by atoms with E-state index in [1.165, 1.54) is 17.0 Å². The molecule has 1 atom stereocenters. The molecule has 8 nitrogen and oxygen atoms in total. The number of aromatic hydroxyl groups is 1. The van der Waals surface area contributed by atoms with Crippen LogP contribution in [0, 0.1) is 0 Å². The molecule has 2 rings (SSSR count). The molecule has 1 aromatic carbocycles. The number of para-hydroxylation sites is 1. The van der Waals surface area contributed by atoms with Gasteiger partial charge in [0, 0.05) is 20.1 Å². The summed E-state index contributed by atoms with van der Waals surface area (Å²) in [5, 5.41) is 18.4. The van der Waals surface area contributed by atoms with Gasteiger partial charge in [0.25, 0.3) is 17.7 Å². The zero-order valence-corrected chi connectivity index (χ0v) is 15.3. The second-order valence-electron chi connectivity index (χ2n) is 6.39. The molecule has 1 unspecified atom stereocenters. The molecule has 26 heavy (non-hydrogen) atoms. The number of nitrogens with zero attached hydrogens (tertiary/aromatic N) is 1. The van der Waals surface area contributed by atoms with Crippen LogP contribution in [-0.4, -0.2) is 47.9 Å². The van der Waals surface area contributed by atoms with E-state index in [0.717, 1.165) is 12.8 Å². The smallest absolute Gasteiger partial charge is 0.276 e. The van der Waals surface area contributed by atoms with E-state index in [0.29, 0.717) is 0 Å². The predicted molar refractivity (Wildman–Crippen MR) is 97.4 cm³/mol. The lowest BCUT2D eigenvalue weighted by Gasteiger charge is -2.17. The van der Waals surface area contributed by atoms with Gasteiger partial charge in [-0.1, -0.05) is 19.4 Å². The van der Waals surface area contributed by atoms with E-state index in [1.54, 1.807) is 20.2 Å². The van der Waals surface area contributed by atoms with Crippen molar-refractivity contribution in [3.63, 3.8) is 0 Å². The summed E-state index contributed by atoms with van der Waals surface area (Å²) < 4.78 is 0. The topological polar surface area (TPSA) is 111 Å². The Hall–Kier alpha value is -3.03. The Labute approximate surface area is 152 Å². The van der Waals surface area contributed by atoms with Crippen LogP contribution in [0.1, 0.15) is 37.0 Å². The van der Waals surface area contributed by atoms with Crippen molar-refractivity contribution < 1.29 is 19.5 Å². The molecule has 4 N–H and O–H groups in total. The number of hydrogen-bond acceptors (Lipinski definition) is 6. The minimum Gasteiger partial charge on any atom is -0.505 e. The van der Waals surface area contributed by atoms with Gasteiger partial charge in [0.05, 0.1) is 11.3 Å². The van der Waals surface area contributed by atoms with Crippen LogP contribution >= 0.6 is 0 Å². The van der Waals surface area contributed by atoms with E-state index in [-0.39, 0.29) is 40.3 Å². The quantitative estimate of drug-likeness (QED) is 0.429. The minimum atomic E-state index is -0.593. The Morgan fingerprint density at radius 3 is 2.50 bits per heavy atom. The first-order valence-corrected chi connectivity index (χ1v) is 8.43. The van der Waals surface area contributed by atoms with Gasteiger partial charge in [0.2, 0.25) is 0 Å². The summed E-state index contributed by atoms with van der Waals surface area (Å²) in [7, 11) is 3.15. The normalized spacial score (nSPS) is 14.9. The number of nitrogens with one attached hydrogen (secondary N) is 3. The maximum absolute atomic E-state index is 12.1. The highest BCUT2D eigenvalue weighted by molar-refractivity contribution is 6.20. The molecule has 0 spiro atoms. The lowest BCUT2D eigenvalue weighted by Crippen LogP contribution is -2.32. The first kappa shape index (κ1) is 19.3. The Bertz CT molecular complexity index is 770. The Kier molecular flexibility index (Phi) is 5.86. The van der Waals surface area contributed by atoms with Crippen LogP contribution in [-0.2, 0) is 9.59 Å². The van der Waals surface area contributed by atoms with E-state index in [4.69, 9.17) is 0 Å². The molecule has 1 aliphatic rings. The number of carbonyl (C=O) groups is 3. The maximum atomic E-state index is 12.1. The van der Waals surface area contributed by atoms with Crippen LogP contribution in [0.5, 0.6) is 5.75 Å². The van der Waals surface area contributed by atoms with Crippen molar-refractivity contribution >= 4 is 23.4 Å². The SMILES string of the molecule is CCCC(C)NC1=C(Nc2cccc(C(=O)N(C)C)c2O)C(=O)NC1=O. The van der Waals surface area contributed by atoms with Crippen LogP contribution in [0.2, 0.25) is 0 Å². The molecule has 0 aromatic heterocycles. The van der Waals surface area contributed by atoms with Crippen LogP contribution in [0.15, 0.2) is 29.6 Å². The van der Waals surface area contributed by atoms with Crippen molar-refractivity contribution in [1.29, 1.82) is 0 Å². The average Bonchev–Trinajstić information content (AvgIpc) is 2.83. The zero-order valence-electron chi connectivity index (χ0n) is 15.3. The highest BCUT2D eigenvalue weighted by Crippen LogP contribution is 2.30. The van der Waals surface area contributed by atoms with Crippen molar-refractivity contribution in [3.8, 4) is 5.75 Å². The molecule has 140 valence electrons. The maximum Gasteiger partial charge on any atom is 0.276 e. The molecule has 0 aliphatic carbocycles. The van der Waals surface area contributed by atoms with E-state index in [2.05, 4.69) is 16.0 Å². The third-order valence-electron chi connectivity index (χ3n) is 3.98. The zero-order chi connectivity index (χ0) is 19.4. The van der Waals surface area contributed by atoms with Gasteiger partial charge in [0.15, 0.2) is 5.75 Å². The molecule has 0 fully saturated rings. The summed E-state index contributed by atoms with van der Waals surface area (Å²) in [5.41, 5.74) is 0.404. The van der Waals surface area contributed by atoms with Gasteiger partial charge < -0.3 is 20.6 Å². The third kappa shape index (κ3) is 3.96. The second kappa shape index (κ2) is 7.90. The average molecular weight is 360 g/mol. The molecule has 0 bridgehead atoms. The number of rotatable bonds is 7. The molecular formula is C18H24N4O4. The first-order chi connectivity index (χ1) is 12.3. The standard InChI is InChI=1S/C18H24N4O4/c1-5-7-10(2)19-13-14(17(25)21-16(13)24)20-12-9-6-8-11(15(12)23)18(26)22(3)4/h6,8-10,23H,5,7H2,1-4H3,(H3,19,20,21,24,25). The molecule has 1 aromatic rings. The fourth-order valence-corrected chi connectivity index (χ4v) is 2.66. The number of amides is 3. The molecule has 0 saturated heterocycles. The monoisotopic (exact) mass is 360 g/mol. The number of carbonyl (C=O) groups excluding carboxylic acids is 3. The molecule has 8 heteroatoms. The summed E-state index contributed by atoms with van der Waals surface area (Å²) in [5.74, 6) is -1.78. The van der Waals surface area contributed by atoms with E-state index in [1.807, 2.05) is 13.8 Å². The molecule has 1 heterocycles. The van der Waals surface area contributed by atoms with Crippen LogP contribution in [0.3, 0.4) is 0 Å². The van der Waals surface area contributed by atoms with Crippen molar-refractivity contribution in [2.45, 2.75) is 32.7 Å². The minimum absolute atomic E-state index is 0.00120. The largest absolute Gasteiger partial charge is 0.505 e. The van der Waals surface area contributed by atoms with Gasteiger partial charge in [-0.25, -0.2) is 0 Å². The number of imide groups is 1. The summed E-state index contributed by atoms with van der Waals surface area (Å²) in [6.07, 6.45) is 1.76. The molecule has 0 radical (unpaired) electrons. The predicted octanol–water partition coefficient (Wildman–Crippen LogP) is 1.15. The summed E-state index contributed by atoms with van der Waals surface area (Å²) in [4.78, 5) is 37.7. The lowest BCUT2D eigenvalue weighted by molar-refractivity contribution is -0.124. The molecule has 1 aliphatic heterocycles. The van der Waals surface area contributed by atoms with Gasteiger partial charge in [-0.05, 0) is 25.5 Å². The van der Waals surface area contributed by atoms with Crippen molar-refractivity contribution in [3.05, 3.63) is 35.2 Å². The number of hydrogen-bond donors (Lipinski definition) is 4. The summed E-state index contributed by atoms with van der Waals surface area (Å²) in [6, 6.07) is 4.59. The first-order valence-electron chi connectivity index (χ1n) is 8.43. The highest BCUT2D eigenvalue weighted by atomic mass is 16.3. The van der Waals surface area contributed by atoms with Crippen molar-refractivity contribution in [2.24, 2.45) is 0 Å². The summed E-state index contributed by atoms with van der Waals surface area (Å²) in [6.45, 7) is 3.94. The van der Waals surface area contributed by atoms with Gasteiger partial charge in [-0.2, -0.15) is 0 Å². The number of phenols is 1. The van der Waals surface area contributed by atoms with Crippen molar-refractivity contribution in [1.82, 2.24) is 15.5 Å². The lowest BCUT2D eigenvalue weighted by atomic mass is 10.1. The van der Waals surface area contributed by atoms with Gasteiger partial charge in [0.1, 0.15) is 11.4 Å². The number of anilines is 1. The summed E-state index contributed by atoms with van der Waals surface area (Å²) >= 11 is 0. The van der Waals surface area contributed by atoms with Gasteiger partial charge in [-0.3, -0.25) is 19.7 Å². The number of phenolic OH excluding ortho intramolecular Hbond substituents is 1. The van der Waals surface area contributed by atoms with Crippen molar-refractivity contribution in [2.75, 3.05) is 19.4 Å². The van der Waals surface area contributed by atoms with E-state index >= 15 is 0 Å². The highest BCUT2D eigenvalue weighted by Gasteiger charge is 2.32. The molecule has 3 amide bonds. The fraction of sp³-hybridized carbons (Fsp3) is 0.389. The second-order valence-corrected chi connectivity index (χ2v) is 6.39. The fourth-order valence-electron chi connectivity index (χ4n) is 2.66. The van der Waals surface area contributed by atoms with E-state index < -0.39 is 11.8 Å². The molecule has 0 saturated carbocycles. The Balaban J connectivity index is 2.36. The molecular weight excluding hydrogens is 336 g/mol. The number of benzene rings is 1. The van der Waals surface area contributed by atoms with Gasteiger partial charge >= 0.3 is 0 Å².